The summed E-state index contributed by atoms with van der Waals surface area (Å²) in [5.41, 5.74) is 7.94. The van der Waals surface area contributed by atoms with Gasteiger partial charge in [-0.05, 0) is 49.7 Å². The average Bonchev–Trinajstić information content (AvgIpc) is 3.30. The Morgan fingerprint density at radius 1 is 1.33 bits per heavy atom. The second-order valence-corrected chi connectivity index (χ2v) is 6.72. The summed E-state index contributed by atoms with van der Waals surface area (Å²) in [5, 5.41) is 0. The largest absolute Gasteiger partial charge is 0.495 e. The van der Waals surface area contributed by atoms with Gasteiger partial charge >= 0.3 is 0 Å². The second kappa shape index (κ2) is 4.80. The monoisotopic (exact) mass is 288 g/mol. The van der Waals surface area contributed by atoms with Crippen molar-refractivity contribution in [1.29, 1.82) is 0 Å². The van der Waals surface area contributed by atoms with Gasteiger partial charge in [-0.3, -0.25) is 0 Å². The van der Waals surface area contributed by atoms with Crippen molar-refractivity contribution in [3.05, 3.63) is 18.2 Å². The van der Waals surface area contributed by atoms with Gasteiger partial charge < -0.3 is 20.1 Å². The molecule has 1 aliphatic carbocycles. The van der Waals surface area contributed by atoms with Crippen LogP contribution in [0.2, 0.25) is 0 Å². The standard InChI is InChI=1S/C17H24N2O2/c1-20-16-11-13(18)2-3-15(16)19-7-5-17(6-8-19)14-10-12(14)4-9-21-17/h2-3,11-12,14H,4-10,18H2,1H3. The van der Waals surface area contributed by atoms with Crippen LogP contribution in [-0.2, 0) is 4.74 Å². The number of rotatable bonds is 2. The molecule has 1 aromatic carbocycles. The predicted molar refractivity (Wildman–Crippen MR) is 83.8 cm³/mol. The Balaban J connectivity index is 1.50. The number of hydrogen-bond acceptors (Lipinski definition) is 4. The molecule has 1 aromatic rings. The quantitative estimate of drug-likeness (QED) is 0.850. The van der Waals surface area contributed by atoms with Crippen LogP contribution in [0.3, 0.4) is 0 Å². The van der Waals surface area contributed by atoms with Crippen molar-refractivity contribution in [2.75, 3.05) is 37.4 Å². The molecule has 2 saturated heterocycles. The first-order valence-corrected chi connectivity index (χ1v) is 8.04. The van der Waals surface area contributed by atoms with Crippen LogP contribution < -0.4 is 15.4 Å². The third-order valence-electron chi connectivity index (χ3n) is 5.63. The van der Waals surface area contributed by atoms with Gasteiger partial charge in [-0.15, -0.1) is 0 Å². The van der Waals surface area contributed by atoms with Crippen molar-refractivity contribution in [2.45, 2.75) is 31.3 Å². The highest BCUT2D eigenvalue weighted by Crippen LogP contribution is 2.57. The summed E-state index contributed by atoms with van der Waals surface area (Å²) in [5.74, 6) is 2.66. The van der Waals surface area contributed by atoms with E-state index in [1.54, 1.807) is 7.11 Å². The summed E-state index contributed by atoms with van der Waals surface area (Å²) >= 11 is 0. The van der Waals surface area contributed by atoms with Gasteiger partial charge in [0.15, 0.2) is 0 Å². The Morgan fingerprint density at radius 3 is 2.90 bits per heavy atom. The van der Waals surface area contributed by atoms with E-state index in [0.29, 0.717) is 0 Å². The Morgan fingerprint density at radius 2 is 2.14 bits per heavy atom. The Hall–Kier alpha value is -1.42. The molecule has 1 saturated carbocycles. The Kier molecular flexibility index (Phi) is 3.03. The van der Waals surface area contributed by atoms with Gasteiger partial charge in [-0.1, -0.05) is 0 Å². The highest BCUT2D eigenvalue weighted by Gasteiger charge is 2.56. The SMILES string of the molecule is COc1cc(N)ccc1N1CCC2(CC1)OCCC1CC12. The normalized spacial score (nSPS) is 30.0. The number of benzene rings is 1. The zero-order valence-electron chi connectivity index (χ0n) is 12.7. The molecule has 0 radical (unpaired) electrons. The minimum atomic E-state index is 0.181. The number of piperidine rings is 1. The minimum absolute atomic E-state index is 0.181. The Bertz CT molecular complexity index is 538. The van der Waals surface area contributed by atoms with Crippen molar-refractivity contribution in [2.24, 2.45) is 11.8 Å². The van der Waals surface area contributed by atoms with Crippen molar-refractivity contribution in [1.82, 2.24) is 0 Å². The van der Waals surface area contributed by atoms with Crippen molar-refractivity contribution in [3.63, 3.8) is 0 Å². The van der Waals surface area contributed by atoms with Crippen LogP contribution in [0.25, 0.3) is 0 Å². The molecule has 2 N–H and O–H groups in total. The average molecular weight is 288 g/mol. The molecule has 4 rings (SSSR count). The van der Waals surface area contributed by atoms with E-state index in [1.807, 2.05) is 12.1 Å². The molecule has 21 heavy (non-hydrogen) atoms. The highest BCUT2D eigenvalue weighted by molar-refractivity contribution is 5.64. The minimum Gasteiger partial charge on any atom is -0.495 e. The molecule has 2 aliphatic heterocycles. The molecule has 0 aromatic heterocycles. The molecule has 2 atom stereocenters. The summed E-state index contributed by atoms with van der Waals surface area (Å²) < 4.78 is 11.7. The number of nitrogen functional groups attached to an aromatic ring is 1. The maximum Gasteiger partial charge on any atom is 0.144 e. The van der Waals surface area contributed by atoms with Gasteiger partial charge in [0.25, 0.3) is 0 Å². The van der Waals surface area contributed by atoms with E-state index >= 15 is 0 Å². The van der Waals surface area contributed by atoms with Gasteiger partial charge in [0.2, 0.25) is 0 Å². The molecule has 4 nitrogen and oxygen atoms in total. The van der Waals surface area contributed by atoms with Crippen LogP contribution in [0.4, 0.5) is 11.4 Å². The number of methoxy groups -OCH3 is 1. The first-order chi connectivity index (χ1) is 10.2. The number of hydrogen-bond donors (Lipinski definition) is 1. The van der Waals surface area contributed by atoms with Crippen LogP contribution in [-0.4, -0.2) is 32.4 Å². The van der Waals surface area contributed by atoms with Gasteiger partial charge in [0.1, 0.15) is 5.75 Å². The fraction of sp³-hybridized carbons (Fsp3) is 0.647. The molecule has 3 aliphatic rings. The summed E-state index contributed by atoms with van der Waals surface area (Å²) in [6.45, 7) is 3.05. The second-order valence-electron chi connectivity index (χ2n) is 6.72. The van der Waals surface area contributed by atoms with Crippen LogP contribution in [0, 0.1) is 11.8 Å². The third kappa shape index (κ3) is 2.16. The maximum absolute atomic E-state index is 6.24. The number of fused-ring (bicyclic) bond motifs is 2. The summed E-state index contributed by atoms with van der Waals surface area (Å²) in [6, 6.07) is 5.94. The lowest BCUT2D eigenvalue weighted by Gasteiger charge is -2.45. The lowest BCUT2D eigenvalue weighted by Crippen LogP contribution is -2.49. The first kappa shape index (κ1) is 13.3. The molecule has 1 spiro atoms. The lowest BCUT2D eigenvalue weighted by molar-refractivity contribution is -0.102. The molecule has 0 amide bonds. The van der Waals surface area contributed by atoms with E-state index in [4.69, 9.17) is 15.2 Å². The lowest BCUT2D eigenvalue weighted by atomic mass is 9.83. The fourth-order valence-electron chi connectivity index (χ4n) is 4.33. The van der Waals surface area contributed by atoms with E-state index in [2.05, 4.69) is 11.0 Å². The molecule has 3 fully saturated rings. The fourth-order valence-corrected chi connectivity index (χ4v) is 4.33. The van der Waals surface area contributed by atoms with Crippen LogP contribution in [0.5, 0.6) is 5.75 Å². The first-order valence-electron chi connectivity index (χ1n) is 8.04. The Labute approximate surface area is 126 Å². The van der Waals surface area contributed by atoms with Crippen molar-refractivity contribution < 1.29 is 9.47 Å². The topological polar surface area (TPSA) is 47.7 Å². The number of ether oxygens (including phenoxy) is 2. The van der Waals surface area contributed by atoms with Crippen LogP contribution >= 0.6 is 0 Å². The highest BCUT2D eigenvalue weighted by atomic mass is 16.5. The maximum atomic E-state index is 6.24. The molecular weight excluding hydrogens is 264 g/mol. The predicted octanol–water partition coefficient (Wildman–Crippen LogP) is 2.67. The molecule has 114 valence electrons. The number of nitrogens with zero attached hydrogens (tertiary/aromatic N) is 1. The molecule has 2 heterocycles. The zero-order chi connectivity index (χ0) is 14.4. The summed E-state index contributed by atoms with van der Waals surface area (Å²) in [7, 11) is 1.71. The zero-order valence-corrected chi connectivity index (χ0v) is 12.7. The van der Waals surface area contributed by atoms with Gasteiger partial charge in [-0.25, -0.2) is 0 Å². The molecule has 4 heteroatoms. The van der Waals surface area contributed by atoms with Gasteiger partial charge in [0.05, 0.1) is 18.4 Å². The number of anilines is 2. The van der Waals surface area contributed by atoms with Crippen molar-refractivity contribution in [3.8, 4) is 5.75 Å². The van der Waals surface area contributed by atoms with E-state index < -0.39 is 0 Å². The summed E-state index contributed by atoms with van der Waals surface area (Å²) in [4.78, 5) is 2.42. The summed E-state index contributed by atoms with van der Waals surface area (Å²) in [6.07, 6.45) is 4.95. The van der Waals surface area contributed by atoms with Gasteiger partial charge in [-0.2, -0.15) is 0 Å². The van der Waals surface area contributed by atoms with E-state index in [1.165, 1.54) is 12.8 Å². The smallest absolute Gasteiger partial charge is 0.144 e. The molecule has 0 bridgehead atoms. The molecular formula is C17H24N2O2. The van der Waals surface area contributed by atoms with E-state index in [0.717, 1.165) is 61.5 Å². The van der Waals surface area contributed by atoms with Gasteiger partial charge in [0, 0.05) is 31.5 Å². The van der Waals surface area contributed by atoms with Crippen LogP contribution in [0.15, 0.2) is 18.2 Å². The number of nitrogens with two attached hydrogens (primary N) is 1. The van der Waals surface area contributed by atoms with Crippen molar-refractivity contribution >= 4 is 11.4 Å². The molecule has 2 unspecified atom stereocenters. The van der Waals surface area contributed by atoms with Crippen LogP contribution in [0.1, 0.15) is 25.7 Å². The third-order valence-corrected chi connectivity index (χ3v) is 5.63. The van der Waals surface area contributed by atoms with E-state index in [9.17, 15) is 0 Å². The van der Waals surface area contributed by atoms with E-state index in [-0.39, 0.29) is 5.60 Å².